The summed E-state index contributed by atoms with van der Waals surface area (Å²) in [4.78, 5) is 13.1. The average molecular weight is 334 g/mol. The fourth-order valence-corrected chi connectivity index (χ4v) is 2.90. The van der Waals surface area contributed by atoms with E-state index in [-0.39, 0.29) is 23.0 Å². The van der Waals surface area contributed by atoms with Crippen LogP contribution in [0.5, 0.6) is 0 Å². The lowest BCUT2D eigenvalue weighted by Gasteiger charge is -2.27. The molecule has 1 aliphatic rings. The minimum absolute atomic E-state index is 0. The van der Waals surface area contributed by atoms with E-state index in [2.05, 4.69) is 17.1 Å². The van der Waals surface area contributed by atoms with Crippen LogP contribution in [0, 0.1) is 10.1 Å². The summed E-state index contributed by atoms with van der Waals surface area (Å²) in [6.07, 6.45) is 2.12. The van der Waals surface area contributed by atoms with E-state index in [1.54, 1.807) is 12.1 Å². The van der Waals surface area contributed by atoms with E-state index >= 15 is 0 Å². The van der Waals surface area contributed by atoms with Crippen molar-refractivity contribution in [2.24, 2.45) is 0 Å². The second-order valence-corrected chi connectivity index (χ2v) is 5.58. The smallest absolute Gasteiger partial charge is 0.273 e. The fourth-order valence-electron chi connectivity index (χ4n) is 2.71. The standard InChI is InChI=1S/C14H20ClN3O2.ClH/c1-2-7-17(13-5-6-16-9-13)10-11-8-12(15)3-4-14(11)18(19)20;/h3-4,8,13,16H,2,5-7,9-10H2,1H3;1H. The maximum Gasteiger partial charge on any atom is 0.273 e. The molecule has 5 nitrogen and oxygen atoms in total. The molecular weight excluding hydrogens is 313 g/mol. The van der Waals surface area contributed by atoms with Crippen LogP contribution in [0.2, 0.25) is 5.02 Å². The third-order valence-corrected chi connectivity index (χ3v) is 3.91. The van der Waals surface area contributed by atoms with Crippen LogP contribution in [0.3, 0.4) is 0 Å². The van der Waals surface area contributed by atoms with E-state index < -0.39 is 0 Å². The zero-order valence-corrected chi connectivity index (χ0v) is 13.6. The molecule has 21 heavy (non-hydrogen) atoms. The number of hydrogen-bond acceptors (Lipinski definition) is 4. The van der Waals surface area contributed by atoms with Gasteiger partial charge in [0, 0.05) is 35.8 Å². The van der Waals surface area contributed by atoms with Gasteiger partial charge < -0.3 is 5.32 Å². The first-order chi connectivity index (χ1) is 9.61. The Labute approximate surface area is 136 Å². The molecule has 0 amide bonds. The average Bonchev–Trinajstić information content (AvgIpc) is 2.91. The summed E-state index contributed by atoms with van der Waals surface area (Å²) in [7, 11) is 0. The Hall–Kier alpha value is -0.880. The van der Waals surface area contributed by atoms with Crippen molar-refractivity contribution in [3.05, 3.63) is 38.9 Å². The van der Waals surface area contributed by atoms with Gasteiger partial charge >= 0.3 is 0 Å². The van der Waals surface area contributed by atoms with Gasteiger partial charge in [-0.15, -0.1) is 12.4 Å². The normalized spacial score (nSPS) is 17.8. The van der Waals surface area contributed by atoms with E-state index in [1.807, 2.05) is 0 Å². The molecular formula is C14H21Cl2N3O2. The van der Waals surface area contributed by atoms with Crippen molar-refractivity contribution in [3.8, 4) is 0 Å². The first kappa shape index (κ1) is 18.2. The maximum absolute atomic E-state index is 11.1. The molecule has 1 aromatic carbocycles. The predicted octanol–water partition coefficient (Wildman–Crippen LogP) is 3.24. The molecule has 0 bridgehead atoms. The highest BCUT2D eigenvalue weighted by Crippen LogP contribution is 2.25. The van der Waals surface area contributed by atoms with Gasteiger partial charge in [0.05, 0.1) is 4.92 Å². The van der Waals surface area contributed by atoms with Gasteiger partial charge in [0.15, 0.2) is 0 Å². The molecule has 1 aromatic rings. The van der Waals surface area contributed by atoms with Gasteiger partial charge in [0.2, 0.25) is 0 Å². The molecule has 1 heterocycles. The highest BCUT2D eigenvalue weighted by molar-refractivity contribution is 6.30. The Kier molecular flexibility index (Phi) is 7.39. The van der Waals surface area contributed by atoms with Gasteiger partial charge in [0.1, 0.15) is 0 Å². The van der Waals surface area contributed by atoms with E-state index in [0.717, 1.165) is 32.5 Å². The third-order valence-electron chi connectivity index (χ3n) is 3.67. The molecule has 1 N–H and O–H groups in total. The second kappa shape index (κ2) is 8.54. The van der Waals surface area contributed by atoms with Gasteiger partial charge in [-0.05, 0) is 38.1 Å². The fraction of sp³-hybridized carbons (Fsp3) is 0.571. The minimum atomic E-state index is -0.331. The largest absolute Gasteiger partial charge is 0.315 e. The van der Waals surface area contributed by atoms with Crippen molar-refractivity contribution in [3.63, 3.8) is 0 Å². The molecule has 0 aliphatic carbocycles. The molecule has 118 valence electrons. The van der Waals surface area contributed by atoms with Crippen molar-refractivity contribution >= 4 is 29.7 Å². The molecule has 1 aliphatic heterocycles. The van der Waals surface area contributed by atoms with Gasteiger partial charge in [0.25, 0.3) is 5.69 Å². The van der Waals surface area contributed by atoms with E-state index in [4.69, 9.17) is 11.6 Å². The molecule has 2 rings (SSSR count). The molecule has 0 aromatic heterocycles. The highest BCUT2D eigenvalue weighted by atomic mass is 35.5. The molecule has 1 saturated heterocycles. The van der Waals surface area contributed by atoms with Crippen molar-refractivity contribution in [2.75, 3.05) is 19.6 Å². The first-order valence-corrected chi connectivity index (χ1v) is 7.37. The third kappa shape index (κ3) is 4.81. The lowest BCUT2D eigenvalue weighted by atomic mass is 10.1. The quantitative estimate of drug-likeness (QED) is 0.641. The number of halogens is 2. The topological polar surface area (TPSA) is 58.4 Å². The van der Waals surface area contributed by atoms with Gasteiger partial charge in [-0.25, -0.2) is 0 Å². The Morgan fingerprint density at radius 1 is 1.52 bits per heavy atom. The van der Waals surface area contributed by atoms with Crippen LogP contribution in [0.4, 0.5) is 5.69 Å². The summed E-state index contributed by atoms with van der Waals surface area (Å²) in [6, 6.07) is 5.23. The number of nitro groups is 1. The molecule has 1 fully saturated rings. The summed E-state index contributed by atoms with van der Waals surface area (Å²) in [5.74, 6) is 0. The van der Waals surface area contributed by atoms with Crippen LogP contribution >= 0.6 is 24.0 Å². The van der Waals surface area contributed by atoms with Crippen molar-refractivity contribution < 1.29 is 4.92 Å². The van der Waals surface area contributed by atoms with Gasteiger partial charge in [-0.1, -0.05) is 18.5 Å². The lowest BCUT2D eigenvalue weighted by Crippen LogP contribution is -2.37. The first-order valence-electron chi connectivity index (χ1n) is 6.99. The number of rotatable bonds is 6. The van der Waals surface area contributed by atoms with Crippen LogP contribution in [0.1, 0.15) is 25.3 Å². The lowest BCUT2D eigenvalue weighted by molar-refractivity contribution is -0.385. The highest BCUT2D eigenvalue weighted by Gasteiger charge is 2.24. The Morgan fingerprint density at radius 2 is 2.29 bits per heavy atom. The van der Waals surface area contributed by atoms with E-state index in [1.165, 1.54) is 6.07 Å². The molecule has 1 atom stereocenters. The summed E-state index contributed by atoms with van der Waals surface area (Å²) >= 11 is 5.99. The molecule has 0 radical (unpaired) electrons. The summed E-state index contributed by atoms with van der Waals surface area (Å²) in [5.41, 5.74) is 0.851. The molecule has 1 unspecified atom stereocenters. The van der Waals surface area contributed by atoms with E-state index in [9.17, 15) is 10.1 Å². The maximum atomic E-state index is 11.1. The Bertz CT molecular complexity index is 479. The zero-order chi connectivity index (χ0) is 14.5. The number of nitrogens with one attached hydrogen (secondary N) is 1. The molecule has 7 heteroatoms. The van der Waals surface area contributed by atoms with Crippen molar-refractivity contribution in [2.45, 2.75) is 32.4 Å². The minimum Gasteiger partial charge on any atom is -0.315 e. The van der Waals surface area contributed by atoms with Crippen LogP contribution in [-0.4, -0.2) is 35.5 Å². The van der Waals surface area contributed by atoms with Crippen LogP contribution < -0.4 is 5.32 Å². The van der Waals surface area contributed by atoms with Crippen LogP contribution in [0.25, 0.3) is 0 Å². The van der Waals surface area contributed by atoms with Gasteiger partial charge in [-0.3, -0.25) is 15.0 Å². The number of benzene rings is 1. The van der Waals surface area contributed by atoms with Crippen molar-refractivity contribution in [1.29, 1.82) is 0 Å². The van der Waals surface area contributed by atoms with Crippen molar-refractivity contribution in [1.82, 2.24) is 10.2 Å². The Morgan fingerprint density at radius 3 is 2.86 bits per heavy atom. The predicted molar refractivity (Wildman–Crippen MR) is 87.3 cm³/mol. The van der Waals surface area contributed by atoms with Crippen LogP contribution in [0.15, 0.2) is 18.2 Å². The van der Waals surface area contributed by atoms with Gasteiger partial charge in [-0.2, -0.15) is 0 Å². The van der Waals surface area contributed by atoms with Crippen LogP contribution in [-0.2, 0) is 6.54 Å². The summed E-state index contributed by atoms with van der Waals surface area (Å²) in [5, 5.41) is 15.0. The second-order valence-electron chi connectivity index (χ2n) is 5.15. The zero-order valence-electron chi connectivity index (χ0n) is 12.0. The number of nitrogens with zero attached hydrogens (tertiary/aromatic N) is 2. The summed E-state index contributed by atoms with van der Waals surface area (Å²) in [6.45, 7) is 5.62. The molecule has 0 spiro atoms. The monoisotopic (exact) mass is 333 g/mol. The summed E-state index contributed by atoms with van der Waals surface area (Å²) < 4.78 is 0. The van der Waals surface area contributed by atoms with E-state index in [0.29, 0.717) is 23.2 Å². The molecule has 0 saturated carbocycles. The Balaban J connectivity index is 0.00000220. The number of hydrogen-bond donors (Lipinski definition) is 1. The SMILES string of the molecule is CCCN(Cc1cc(Cl)ccc1[N+](=O)[O-])C1CCNC1.Cl. The number of nitro benzene ring substituents is 1.